The molecule has 0 aromatic rings. The fourth-order valence-corrected chi connectivity index (χ4v) is 1.81. The van der Waals surface area contributed by atoms with E-state index < -0.39 is 0 Å². The van der Waals surface area contributed by atoms with Gasteiger partial charge in [-0.1, -0.05) is 6.92 Å². The Balaban J connectivity index is 2.14. The largest absolute Gasteiger partial charge is 0.383 e. The highest BCUT2D eigenvalue weighted by atomic mass is 16.5. The predicted molar refractivity (Wildman–Crippen MR) is 63.8 cm³/mol. The monoisotopic (exact) mass is 231 g/mol. The first kappa shape index (κ1) is 13.9. The summed E-state index contributed by atoms with van der Waals surface area (Å²) in [4.78, 5) is 0. The molecule has 0 amide bonds. The van der Waals surface area contributed by atoms with E-state index in [1.54, 1.807) is 7.11 Å². The minimum atomic E-state index is 0.313. The molecule has 1 saturated heterocycles. The Morgan fingerprint density at radius 2 is 2.06 bits per heavy atom. The standard InChI is InChI=1S/C12H25NO3/c1-3-6-13-11(9-14-2)10-16-12-4-7-15-8-5-12/h11-13H,3-10H2,1-2H3. The van der Waals surface area contributed by atoms with Crippen molar-refractivity contribution in [3.63, 3.8) is 0 Å². The number of ether oxygens (including phenoxy) is 3. The third-order valence-corrected chi connectivity index (χ3v) is 2.75. The van der Waals surface area contributed by atoms with Gasteiger partial charge in [0.1, 0.15) is 0 Å². The molecule has 0 aromatic carbocycles. The number of rotatable bonds is 8. The van der Waals surface area contributed by atoms with Gasteiger partial charge in [0.25, 0.3) is 0 Å². The smallest absolute Gasteiger partial charge is 0.0646 e. The molecular formula is C12H25NO3. The maximum Gasteiger partial charge on any atom is 0.0646 e. The van der Waals surface area contributed by atoms with Crippen LogP contribution in [-0.2, 0) is 14.2 Å². The molecule has 96 valence electrons. The fraction of sp³-hybridized carbons (Fsp3) is 1.00. The lowest BCUT2D eigenvalue weighted by Gasteiger charge is -2.25. The lowest BCUT2D eigenvalue weighted by atomic mass is 10.1. The summed E-state index contributed by atoms with van der Waals surface area (Å²) in [6.45, 7) is 6.30. The molecule has 1 aliphatic heterocycles. The second-order valence-electron chi connectivity index (χ2n) is 4.25. The summed E-state index contributed by atoms with van der Waals surface area (Å²) in [6.07, 6.45) is 3.55. The van der Waals surface area contributed by atoms with E-state index in [1.807, 2.05) is 0 Å². The Labute approximate surface area is 98.6 Å². The lowest BCUT2D eigenvalue weighted by Crippen LogP contribution is -2.39. The molecular weight excluding hydrogens is 206 g/mol. The van der Waals surface area contributed by atoms with Crippen LogP contribution < -0.4 is 5.32 Å². The predicted octanol–water partition coefficient (Wildman–Crippen LogP) is 1.20. The average molecular weight is 231 g/mol. The van der Waals surface area contributed by atoms with E-state index in [2.05, 4.69) is 12.2 Å². The first-order chi connectivity index (χ1) is 7.86. The SMILES string of the molecule is CCCNC(COC)COC1CCOCC1. The van der Waals surface area contributed by atoms with Crippen LogP contribution in [0.25, 0.3) is 0 Å². The Morgan fingerprint density at radius 1 is 1.31 bits per heavy atom. The molecule has 1 fully saturated rings. The number of methoxy groups -OCH3 is 1. The Morgan fingerprint density at radius 3 is 2.69 bits per heavy atom. The second kappa shape index (κ2) is 8.93. The van der Waals surface area contributed by atoms with Gasteiger partial charge in [-0.05, 0) is 25.8 Å². The molecule has 16 heavy (non-hydrogen) atoms. The van der Waals surface area contributed by atoms with Gasteiger partial charge in [-0.15, -0.1) is 0 Å². The number of hydrogen-bond acceptors (Lipinski definition) is 4. The molecule has 0 radical (unpaired) electrons. The molecule has 1 unspecified atom stereocenters. The molecule has 1 atom stereocenters. The van der Waals surface area contributed by atoms with Gasteiger partial charge in [0, 0.05) is 20.3 Å². The van der Waals surface area contributed by atoms with Crippen LogP contribution >= 0.6 is 0 Å². The van der Waals surface area contributed by atoms with Crippen LogP contribution in [-0.4, -0.2) is 52.2 Å². The third kappa shape index (κ3) is 5.80. The van der Waals surface area contributed by atoms with Gasteiger partial charge in [0.2, 0.25) is 0 Å². The number of hydrogen-bond donors (Lipinski definition) is 1. The van der Waals surface area contributed by atoms with E-state index in [-0.39, 0.29) is 0 Å². The van der Waals surface area contributed by atoms with Crippen molar-refractivity contribution in [1.82, 2.24) is 5.32 Å². The van der Waals surface area contributed by atoms with E-state index in [9.17, 15) is 0 Å². The molecule has 1 rings (SSSR count). The van der Waals surface area contributed by atoms with Gasteiger partial charge in [-0.25, -0.2) is 0 Å². The molecule has 1 N–H and O–H groups in total. The van der Waals surface area contributed by atoms with Crippen LogP contribution in [0.1, 0.15) is 26.2 Å². The van der Waals surface area contributed by atoms with E-state index in [1.165, 1.54) is 0 Å². The van der Waals surface area contributed by atoms with Crippen molar-refractivity contribution in [2.45, 2.75) is 38.3 Å². The highest BCUT2D eigenvalue weighted by molar-refractivity contribution is 4.68. The zero-order valence-corrected chi connectivity index (χ0v) is 10.5. The number of nitrogens with one attached hydrogen (secondary N) is 1. The van der Waals surface area contributed by atoms with Crippen molar-refractivity contribution in [3.8, 4) is 0 Å². The maximum absolute atomic E-state index is 5.87. The molecule has 4 nitrogen and oxygen atoms in total. The summed E-state index contributed by atoms with van der Waals surface area (Å²) in [5.41, 5.74) is 0. The molecule has 0 aliphatic carbocycles. The van der Waals surface area contributed by atoms with Crippen molar-refractivity contribution < 1.29 is 14.2 Å². The second-order valence-corrected chi connectivity index (χ2v) is 4.25. The quantitative estimate of drug-likeness (QED) is 0.681. The van der Waals surface area contributed by atoms with E-state index in [4.69, 9.17) is 14.2 Å². The van der Waals surface area contributed by atoms with Crippen LogP contribution in [0.15, 0.2) is 0 Å². The van der Waals surface area contributed by atoms with Crippen molar-refractivity contribution in [2.75, 3.05) is 40.1 Å². The molecule has 0 saturated carbocycles. The van der Waals surface area contributed by atoms with Crippen molar-refractivity contribution in [1.29, 1.82) is 0 Å². The Kier molecular flexibility index (Phi) is 7.76. The highest BCUT2D eigenvalue weighted by Crippen LogP contribution is 2.10. The summed E-state index contributed by atoms with van der Waals surface area (Å²) >= 11 is 0. The van der Waals surface area contributed by atoms with Gasteiger partial charge in [0.05, 0.1) is 25.4 Å². The van der Waals surface area contributed by atoms with Crippen molar-refractivity contribution >= 4 is 0 Å². The van der Waals surface area contributed by atoms with Gasteiger partial charge in [0.15, 0.2) is 0 Å². The zero-order valence-electron chi connectivity index (χ0n) is 10.5. The van der Waals surface area contributed by atoms with E-state index >= 15 is 0 Å². The summed E-state index contributed by atoms with van der Waals surface area (Å²) in [5, 5.41) is 3.43. The minimum Gasteiger partial charge on any atom is -0.383 e. The Bertz CT molecular complexity index is 160. The third-order valence-electron chi connectivity index (χ3n) is 2.75. The summed E-state index contributed by atoms with van der Waals surface area (Å²) < 4.78 is 16.3. The van der Waals surface area contributed by atoms with Crippen LogP contribution in [0.3, 0.4) is 0 Å². The summed E-state index contributed by atoms with van der Waals surface area (Å²) in [6, 6.07) is 0.313. The molecule has 0 bridgehead atoms. The maximum atomic E-state index is 5.87. The van der Waals surface area contributed by atoms with Crippen LogP contribution in [0.2, 0.25) is 0 Å². The lowest BCUT2D eigenvalue weighted by molar-refractivity contribution is -0.0433. The Hall–Kier alpha value is -0.160. The van der Waals surface area contributed by atoms with Crippen molar-refractivity contribution in [3.05, 3.63) is 0 Å². The summed E-state index contributed by atoms with van der Waals surface area (Å²) in [5.74, 6) is 0. The molecule has 4 heteroatoms. The van der Waals surface area contributed by atoms with Crippen LogP contribution in [0.5, 0.6) is 0 Å². The first-order valence-corrected chi connectivity index (χ1v) is 6.28. The topological polar surface area (TPSA) is 39.7 Å². The minimum absolute atomic E-state index is 0.313. The van der Waals surface area contributed by atoms with Gasteiger partial charge >= 0.3 is 0 Å². The molecule has 0 aromatic heterocycles. The van der Waals surface area contributed by atoms with Gasteiger partial charge in [-0.2, -0.15) is 0 Å². The zero-order chi connectivity index (χ0) is 11.6. The highest BCUT2D eigenvalue weighted by Gasteiger charge is 2.16. The van der Waals surface area contributed by atoms with Crippen molar-refractivity contribution in [2.24, 2.45) is 0 Å². The average Bonchev–Trinajstić information content (AvgIpc) is 2.34. The summed E-state index contributed by atoms with van der Waals surface area (Å²) in [7, 11) is 1.73. The molecule has 1 aliphatic rings. The fourth-order valence-electron chi connectivity index (χ4n) is 1.81. The van der Waals surface area contributed by atoms with E-state index in [0.29, 0.717) is 18.8 Å². The first-order valence-electron chi connectivity index (χ1n) is 6.28. The van der Waals surface area contributed by atoms with Crippen LogP contribution in [0, 0.1) is 0 Å². The van der Waals surface area contributed by atoms with Gasteiger partial charge < -0.3 is 19.5 Å². The van der Waals surface area contributed by atoms with E-state index in [0.717, 1.165) is 45.6 Å². The van der Waals surface area contributed by atoms with Gasteiger partial charge in [-0.3, -0.25) is 0 Å². The van der Waals surface area contributed by atoms with Crippen LogP contribution in [0.4, 0.5) is 0 Å². The molecule has 0 spiro atoms. The molecule has 1 heterocycles. The normalized spacial score (nSPS) is 19.9.